The second-order valence-corrected chi connectivity index (χ2v) is 6.12. The highest BCUT2D eigenvalue weighted by molar-refractivity contribution is 9.09. The predicted octanol–water partition coefficient (Wildman–Crippen LogP) is 2.62. The summed E-state index contributed by atoms with van der Waals surface area (Å²) in [5.74, 6) is 0.824. The number of carbonyl (C=O) groups excluding carboxylic acids is 1. The van der Waals surface area contributed by atoms with Crippen LogP contribution < -0.4 is 5.32 Å². The molecule has 0 radical (unpaired) electrons. The fourth-order valence-electron chi connectivity index (χ4n) is 2.92. The molecule has 110 valence electrons. The van der Waals surface area contributed by atoms with E-state index in [1.165, 1.54) is 5.56 Å². The Morgan fingerprint density at radius 1 is 1.45 bits per heavy atom. The Morgan fingerprint density at radius 3 is 2.85 bits per heavy atom. The topological polar surface area (TPSA) is 32.3 Å². The van der Waals surface area contributed by atoms with E-state index in [1.807, 2.05) is 0 Å². The predicted molar refractivity (Wildman–Crippen MR) is 86.2 cm³/mol. The normalized spacial score (nSPS) is 21.4. The summed E-state index contributed by atoms with van der Waals surface area (Å²) in [6.45, 7) is 3.00. The fraction of sp³-hybridized carbons (Fsp3) is 0.562. The third kappa shape index (κ3) is 4.06. The number of piperidine rings is 1. The maximum absolute atomic E-state index is 11.8. The molecule has 20 heavy (non-hydrogen) atoms. The Kier molecular flexibility index (Phi) is 6.05. The first-order chi connectivity index (χ1) is 9.74. The van der Waals surface area contributed by atoms with Gasteiger partial charge in [0.05, 0.1) is 5.92 Å². The summed E-state index contributed by atoms with van der Waals surface area (Å²) in [7, 11) is 1.73. The fourth-order valence-corrected chi connectivity index (χ4v) is 3.50. The summed E-state index contributed by atoms with van der Waals surface area (Å²) >= 11 is 3.63. The quantitative estimate of drug-likeness (QED) is 0.837. The molecule has 1 saturated heterocycles. The summed E-state index contributed by atoms with van der Waals surface area (Å²) in [5, 5.41) is 3.74. The molecule has 2 rings (SSSR count). The van der Waals surface area contributed by atoms with Crippen LogP contribution in [0.15, 0.2) is 30.3 Å². The molecule has 2 unspecified atom stereocenters. The number of hydrogen-bond donors (Lipinski definition) is 1. The SMILES string of the molecule is CNC(=O)C1CCCN(CC(CBr)c2ccccc2)C1. The summed E-state index contributed by atoms with van der Waals surface area (Å²) in [4.78, 5) is 14.2. The van der Waals surface area contributed by atoms with Crippen molar-refractivity contribution in [3.05, 3.63) is 35.9 Å². The number of benzene rings is 1. The summed E-state index contributed by atoms with van der Waals surface area (Å²) in [6.07, 6.45) is 2.13. The van der Waals surface area contributed by atoms with Crippen molar-refractivity contribution >= 4 is 21.8 Å². The largest absolute Gasteiger partial charge is 0.359 e. The Labute approximate surface area is 129 Å². The Hall–Kier alpha value is -0.870. The molecule has 1 N–H and O–H groups in total. The van der Waals surface area contributed by atoms with E-state index in [9.17, 15) is 4.79 Å². The van der Waals surface area contributed by atoms with Gasteiger partial charge in [-0.05, 0) is 24.9 Å². The van der Waals surface area contributed by atoms with Crippen molar-refractivity contribution in [3.8, 4) is 0 Å². The minimum absolute atomic E-state index is 0.153. The van der Waals surface area contributed by atoms with Crippen molar-refractivity contribution in [1.82, 2.24) is 10.2 Å². The second-order valence-electron chi connectivity index (χ2n) is 5.47. The Morgan fingerprint density at radius 2 is 2.20 bits per heavy atom. The van der Waals surface area contributed by atoms with Gasteiger partial charge in [0.25, 0.3) is 0 Å². The highest BCUT2D eigenvalue weighted by Gasteiger charge is 2.26. The van der Waals surface area contributed by atoms with Crippen molar-refractivity contribution in [3.63, 3.8) is 0 Å². The maximum Gasteiger partial charge on any atom is 0.224 e. The minimum atomic E-state index is 0.153. The van der Waals surface area contributed by atoms with Gasteiger partial charge in [-0.15, -0.1) is 0 Å². The monoisotopic (exact) mass is 338 g/mol. The van der Waals surface area contributed by atoms with Crippen molar-refractivity contribution in [2.24, 2.45) is 5.92 Å². The maximum atomic E-state index is 11.8. The molecule has 3 nitrogen and oxygen atoms in total. The molecule has 0 spiro atoms. The van der Waals surface area contributed by atoms with Crippen LogP contribution in [-0.4, -0.2) is 42.8 Å². The van der Waals surface area contributed by atoms with E-state index in [-0.39, 0.29) is 11.8 Å². The van der Waals surface area contributed by atoms with Gasteiger partial charge in [0.1, 0.15) is 0 Å². The summed E-state index contributed by atoms with van der Waals surface area (Å²) < 4.78 is 0. The molecule has 1 aromatic carbocycles. The molecule has 1 aliphatic heterocycles. The van der Waals surface area contributed by atoms with E-state index in [0.29, 0.717) is 5.92 Å². The zero-order valence-corrected chi connectivity index (χ0v) is 13.6. The van der Waals surface area contributed by atoms with Crippen LogP contribution in [-0.2, 0) is 4.79 Å². The molecule has 1 heterocycles. The molecule has 1 amide bonds. The molecule has 1 aliphatic rings. The number of hydrogen-bond acceptors (Lipinski definition) is 2. The number of nitrogens with one attached hydrogen (secondary N) is 1. The first-order valence-electron chi connectivity index (χ1n) is 7.29. The highest BCUT2D eigenvalue weighted by atomic mass is 79.9. The van der Waals surface area contributed by atoms with Gasteiger partial charge >= 0.3 is 0 Å². The molecule has 0 aliphatic carbocycles. The molecular formula is C16H23BrN2O. The van der Waals surface area contributed by atoms with E-state index in [1.54, 1.807) is 7.05 Å². The average molecular weight is 339 g/mol. The van der Waals surface area contributed by atoms with Crippen LogP contribution in [0, 0.1) is 5.92 Å². The van der Waals surface area contributed by atoms with Crippen LogP contribution in [0.2, 0.25) is 0 Å². The number of carbonyl (C=O) groups is 1. The van der Waals surface area contributed by atoms with Crippen LogP contribution in [0.3, 0.4) is 0 Å². The van der Waals surface area contributed by atoms with Crippen molar-refractivity contribution < 1.29 is 4.79 Å². The van der Waals surface area contributed by atoms with Gasteiger partial charge in [-0.3, -0.25) is 4.79 Å². The average Bonchev–Trinajstić information content (AvgIpc) is 2.53. The van der Waals surface area contributed by atoms with Gasteiger partial charge in [0.15, 0.2) is 0 Å². The molecule has 0 saturated carbocycles. The van der Waals surface area contributed by atoms with E-state index in [0.717, 1.165) is 37.8 Å². The lowest BCUT2D eigenvalue weighted by Crippen LogP contribution is -2.43. The van der Waals surface area contributed by atoms with Gasteiger partial charge in [-0.1, -0.05) is 46.3 Å². The molecule has 1 aromatic rings. The zero-order chi connectivity index (χ0) is 14.4. The number of amides is 1. The molecule has 4 heteroatoms. The first-order valence-corrected chi connectivity index (χ1v) is 8.41. The summed E-state index contributed by atoms with van der Waals surface area (Å²) in [5.41, 5.74) is 1.37. The smallest absolute Gasteiger partial charge is 0.224 e. The van der Waals surface area contributed by atoms with Crippen LogP contribution in [0.4, 0.5) is 0 Å². The molecule has 0 aromatic heterocycles. The van der Waals surface area contributed by atoms with E-state index in [4.69, 9.17) is 0 Å². The van der Waals surface area contributed by atoms with Crippen molar-refractivity contribution in [2.75, 3.05) is 32.0 Å². The third-order valence-corrected chi connectivity index (χ3v) is 4.84. The number of likely N-dealkylation sites (tertiary alicyclic amines) is 1. The molecule has 1 fully saturated rings. The van der Waals surface area contributed by atoms with E-state index in [2.05, 4.69) is 56.5 Å². The van der Waals surface area contributed by atoms with Gasteiger partial charge in [-0.25, -0.2) is 0 Å². The number of halogens is 1. The standard InChI is InChI=1S/C16H23BrN2O/c1-18-16(20)14-8-5-9-19(11-14)12-15(10-17)13-6-3-2-4-7-13/h2-4,6-7,14-15H,5,8-12H2,1H3,(H,18,20). The molecule has 2 atom stereocenters. The second kappa shape index (κ2) is 7.79. The summed E-state index contributed by atoms with van der Waals surface area (Å²) in [6, 6.07) is 10.6. The molecule has 0 bridgehead atoms. The number of nitrogens with zero attached hydrogens (tertiary/aromatic N) is 1. The minimum Gasteiger partial charge on any atom is -0.359 e. The molecular weight excluding hydrogens is 316 g/mol. The van der Waals surface area contributed by atoms with E-state index >= 15 is 0 Å². The lowest BCUT2D eigenvalue weighted by atomic mass is 9.94. The lowest BCUT2D eigenvalue weighted by molar-refractivity contribution is -0.126. The van der Waals surface area contributed by atoms with Gasteiger partial charge in [0, 0.05) is 31.4 Å². The zero-order valence-electron chi connectivity index (χ0n) is 12.0. The Bertz CT molecular complexity index is 424. The van der Waals surface area contributed by atoms with Crippen LogP contribution in [0.5, 0.6) is 0 Å². The first kappa shape index (κ1) is 15.5. The highest BCUT2D eigenvalue weighted by Crippen LogP contribution is 2.23. The number of rotatable bonds is 5. The third-order valence-electron chi connectivity index (χ3n) is 4.06. The lowest BCUT2D eigenvalue weighted by Gasteiger charge is -2.34. The number of alkyl halides is 1. The van der Waals surface area contributed by atoms with Crippen molar-refractivity contribution in [2.45, 2.75) is 18.8 Å². The van der Waals surface area contributed by atoms with Gasteiger partial charge in [-0.2, -0.15) is 0 Å². The Balaban J connectivity index is 1.96. The van der Waals surface area contributed by atoms with Crippen LogP contribution in [0.1, 0.15) is 24.3 Å². The van der Waals surface area contributed by atoms with E-state index < -0.39 is 0 Å². The van der Waals surface area contributed by atoms with Crippen LogP contribution in [0.25, 0.3) is 0 Å². The van der Waals surface area contributed by atoms with Crippen molar-refractivity contribution in [1.29, 1.82) is 0 Å². The van der Waals surface area contributed by atoms with Crippen LogP contribution >= 0.6 is 15.9 Å². The van der Waals surface area contributed by atoms with Gasteiger partial charge in [0.2, 0.25) is 5.91 Å². The van der Waals surface area contributed by atoms with Gasteiger partial charge < -0.3 is 10.2 Å².